The van der Waals surface area contributed by atoms with Gasteiger partial charge in [-0.3, -0.25) is 4.79 Å². The number of piperidine rings is 1. The van der Waals surface area contributed by atoms with E-state index in [0.717, 1.165) is 25.1 Å². The lowest BCUT2D eigenvalue weighted by Crippen LogP contribution is -2.48. The molecule has 2 N–H and O–H groups in total. The number of hydrogen-bond acceptors (Lipinski definition) is 4. The van der Waals surface area contributed by atoms with Gasteiger partial charge in [-0.05, 0) is 43.1 Å². The highest BCUT2D eigenvalue weighted by Gasteiger charge is 2.23. The molecule has 2 aliphatic heterocycles. The van der Waals surface area contributed by atoms with E-state index in [1.807, 2.05) is 35.7 Å². The van der Waals surface area contributed by atoms with Crippen molar-refractivity contribution >= 4 is 41.8 Å². The maximum atomic E-state index is 12.3. The van der Waals surface area contributed by atoms with E-state index in [2.05, 4.69) is 29.7 Å². The molecule has 2 heterocycles. The number of carbonyl (C=O) groups is 1. The number of halogens is 1. The monoisotopic (exact) mass is 358 g/mol. The first kappa shape index (κ1) is 18.0. The van der Waals surface area contributed by atoms with Crippen molar-refractivity contribution in [2.45, 2.75) is 24.0 Å². The first-order chi connectivity index (χ1) is 10.2. The molecule has 1 aromatic rings. The fourth-order valence-electron chi connectivity index (χ4n) is 2.82. The average molecular weight is 359 g/mol. The van der Waals surface area contributed by atoms with Crippen LogP contribution >= 0.6 is 35.9 Å². The van der Waals surface area contributed by atoms with Crippen LogP contribution in [0.1, 0.15) is 33.8 Å². The fraction of sp³-hybridized carbons (Fsp3) is 0.562. The first-order valence-electron chi connectivity index (χ1n) is 7.59. The molecule has 2 saturated heterocycles. The van der Waals surface area contributed by atoms with E-state index in [9.17, 15) is 4.79 Å². The summed E-state index contributed by atoms with van der Waals surface area (Å²) in [6.45, 7) is 4.17. The zero-order valence-corrected chi connectivity index (χ0v) is 15.2. The molecule has 2 aliphatic rings. The Morgan fingerprint density at radius 3 is 2.55 bits per heavy atom. The summed E-state index contributed by atoms with van der Waals surface area (Å²) >= 11 is 3.99. The Balaban J connectivity index is 0.00000176. The van der Waals surface area contributed by atoms with Crippen LogP contribution in [0.15, 0.2) is 24.3 Å². The molecule has 3 nitrogen and oxygen atoms in total. The highest BCUT2D eigenvalue weighted by atomic mass is 35.5. The van der Waals surface area contributed by atoms with Gasteiger partial charge in [-0.1, -0.05) is 19.1 Å². The van der Waals surface area contributed by atoms with Crippen molar-refractivity contribution in [3.05, 3.63) is 35.4 Å². The minimum absolute atomic E-state index is 0. The number of nitrogens with one attached hydrogen (secondary N) is 2. The van der Waals surface area contributed by atoms with Gasteiger partial charge in [0.1, 0.15) is 0 Å². The summed E-state index contributed by atoms with van der Waals surface area (Å²) in [7, 11) is 0. The molecule has 22 heavy (non-hydrogen) atoms. The van der Waals surface area contributed by atoms with Crippen molar-refractivity contribution in [3.63, 3.8) is 0 Å². The number of benzene rings is 1. The van der Waals surface area contributed by atoms with Crippen molar-refractivity contribution in [1.29, 1.82) is 0 Å². The Hall–Kier alpha value is -0.360. The van der Waals surface area contributed by atoms with Crippen LogP contribution in [0.3, 0.4) is 0 Å². The molecule has 0 aliphatic carbocycles. The highest BCUT2D eigenvalue weighted by Crippen LogP contribution is 2.45. The molecule has 0 saturated carbocycles. The fourth-order valence-corrected chi connectivity index (χ4v) is 5.68. The molecule has 122 valence electrons. The predicted octanol–water partition coefficient (Wildman–Crippen LogP) is 3.31. The standard InChI is InChI=1S/C16H22N2OS2.ClH/c1-11-10-17-7-6-14(11)18-15(19)12-2-4-13(5-3-12)16-20-8-9-21-16;/h2-5,11,14,16-17H,6-10H2,1H3,(H,18,19);1H. The van der Waals surface area contributed by atoms with Gasteiger partial charge in [0.05, 0.1) is 4.58 Å². The van der Waals surface area contributed by atoms with Gasteiger partial charge in [-0.25, -0.2) is 0 Å². The van der Waals surface area contributed by atoms with Crippen LogP contribution < -0.4 is 10.6 Å². The van der Waals surface area contributed by atoms with Crippen LogP contribution in [0, 0.1) is 5.92 Å². The predicted molar refractivity (Wildman–Crippen MR) is 99.3 cm³/mol. The third kappa shape index (κ3) is 4.34. The van der Waals surface area contributed by atoms with Crippen molar-refractivity contribution < 1.29 is 4.79 Å². The lowest BCUT2D eigenvalue weighted by atomic mass is 9.95. The van der Waals surface area contributed by atoms with Gasteiger partial charge in [0, 0.05) is 23.1 Å². The normalized spacial score (nSPS) is 25.5. The molecule has 0 spiro atoms. The van der Waals surface area contributed by atoms with E-state index in [-0.39, 0.29) is 18.3 Å². The van der Waals surface area contributed by atoms with Crippen LogP contribution in [0.5, 0.6) is 0 Å². The van der Waals surface area contributed by atoms with E-state index in [0.29, 0.717) is 16.5 Å². The topological polar surface area (TPSA) is 41.1 Å². The Bertz CT molecular complexity index is 491. The van der Waals surface area contributed by atoms with Crippen LogP contribution in [-0.4, -0.2) is 36.5 Å². The Kier molecular flexibility index (Phi) is 6.93. The Morgan fingerprint density at radius 2 is 1.91 bits per heavy atom. The lowest BCUT2D eigenvalue weighted by molar-refractivity contribution is 0.0914. The molecule has 2 unspecified atom stereocenters. The summed E-state index contributed by atoms with van der Waals surface area (Å²) in [5.74, 6) is 3.01. The van der Waals surface area contributed by atoms with Crippen molar-refractivity contribution in [2.75, 3.05) is 24.6 Å². The number of hydrogen-bond donors (Lipinski definition) is 2. The zero-order chi connectivity index (χ0) is 14.7. The van der Waals surface area contributed by atoms with Crippen LogP contribution in [-0.2, 0) is 0 Å². The van der Waals surface area contributed by atoms with E-state index >= 15 is 0 Å². The van der Waals surface area contributed by atoms with E-state index < -0.39 is 0 Å². The molecular formula is C16H23ClN2OS2. The smallest absolute Gasteiger partial charge is 0.251 e. The van der Waals surface area contributed by atoms with E-state index in [4.69, 9.17) is 0 Å². The minimum atomic E-state index is 0. The summed E-state index contributed by atoms with van der Waals surface area (Å²) in [6.07, 6.45) is 1.01. The molecule has 1 amide bonds. The van der Waals surface area contributed by atoms with Crippen LogP contribution in [0.25, 0.3) is 0 Å². The highest BCUT2D eigenvalue weighted by molar-refractivity contribution is 8.19. The summed E-state index contributed by atoms with van der Waals surface area (Å²) in [6, 6.07) is 8.44. The molecule has 2 fully saturated rings. The summed E-state index contributed by atoms with van der Waals surface area (Å²) in [5, 5.41) is 6.54. The van der Waals surface area contributed by atoms with Gasteiger partial charge >= 0.3 is 0 Å². The average Bonchev–Trinajstić information content (AvgIpc) is 3.04. The summed E-state index contributed by atoms with van der Waals surface area (Å²) < 4.78 is 0.548. The van der Waals surface area contributed by atoms with E-state index in [1.165, 1.54) is 17.1 Å². The molecule has 0 radical (unpaired) electrons. The molecular weight excluding hydrogens is 336 g/mol. The largest absolute Gasteiger partial charge is 0.349 e. The number of carbonyl (C=O) groups excluding carboxylic acids is 1. The molecule has 2 atom stereocenters. The van der Waals surface area contributed by atoms with Gasteiger partial charge in [0.15, 0.2) is 0 Å². The SMILES string of the molecule is CC1CNCCC1NC(=O)c1ccc(C2SCCS2)cc1.Cl. The van der Waals surface area contributed by atoms with Crippen LogP contribution in [0.2, 0.25) is 0 Å². The quantitative estimate of drug-likeness (QED) is 0.869. The maximum Gasteiger partial charge on any atom is 0.251 e. The van der Waals surface area contributed by atoms with Gasteiger partial charge in [-0.2, -0.15) is 0 Å². The second kappa shape index (κ2) is 8.48. The third-order valence-electron chi connectivity index (χ3n) is 4.17. The van der Waals surface area contributed by atoms with E-state index in [1.54, 1.807) is 0 Å². The Morgan fingerprint density at radius 1 is 1.23 bits per heavy atom. The Labute approximate surface area is 147 Å². The molecule has 0 aromatic heterocycles. The molecule has 0 bridgehead atoms. The molecule has 3 rings (SSSR count). The second-order valence-corrected chi connectivity index (χ2v) is 8.47. The lowest BCUT2D eigenvalue weighted by Gasteiger charge is -2.30. The van der Waals surface area contributed by atoms with Gasteiger partial charge < -0.3 is 10.6 Å². The maximum absolute atomic E-state index is 12.3. The first-order valence-corrected chi connectivity index (χ1v) is 9.68. The third-order valence-corrected chi connectivity index (χ3v) is 7.27. The zero-order valence-electron chi connectivity index (χ0n) is 12.7. The summed E-state index contributed by atoms with van der Waals surface area (Å²) in [5.41, 5.74) is 2.10. The van der Waals surface area contributed by atoms with Gasteiger partial charge in [-0.15, -0.1) is 35.9 Å². The van der Waals surface area contributed by atoms with Crippen molar-refractivity contribution in [3.8, 4) is 0 Å². The molecule has 6 heteroatoms. The van der Waals surface area contributed by atoms with Gasteiger partial charge in [0.25, 0.3) is 5.91 Å². The van der Waals surface area contributed by atoms with Crippen LogP contribution in [0.4, 0.5) is 0 Å². The number of thioether (sulfide) groups is 2. The summed E-state index contributed by atoms with van der Waals surface area (Å²) in [4.78, 5) is 12.3. The molecule has 1 aromatic carbocycles. The number of amides is 1. The van der Waals surface area contributed by atoms with Crippen molar-refractivity contribution in [1.82, 2.24) is 10.6 Å². The minimum Gasteiger partial charge on any atom is -0.349 e. The second-order valence-electron chi connectivity index (χ2n) is 5.75. The van der Waals surface area contributed by atoms with Crippen molar-refractivity contribution in [2.24, 2.45) is 5.92 Å². The number of rotatable bonds is 3. The van der Waals surface area contributed by atoms with Gasteiger partial charge in [0.2, 0.25) is 0 Å².